The Morgan fingerprint density at radius 1 is 0.344 bits per heavy atom. The lowest BCUT2D eigenvalue weighted by Gasteiger charge is -2.18. The Morgan fingerprint density at radius 2 is 0.844 bits per heavy atom. The molecule has 0 amide bonds. The lowest BCUT2D eigenvalue weighted by atomic mass is 9.97. The van der Waals surface area contributed by atoms with Crippen molar-refractivity contribution in [2.24, 2.45) is 0 Å². The van der Waals surface area contributed by atoms with Gasteiger partial charge in [-0.3, -0.25) is 0 Å². The molecule has 0 aliphatic carbocycles. The first-order chi connectivity index (χ1) is 31.0. The SMILES string of the molecule is FC(F)(F)c1ccc2c(c1)c1ccccc1n2-c1cccc(-c2cc(-c3cc(-c4ccccc4)nc(-c4ccccc4)n3)ccc2-n2c3ccccc3c3cc(C(F)(F)F)ccc32)c1. The molecule has 11 rings (SSSR count). The highest BCUT2D eigenvalue weighted by Gasteiger charge is 2.32. The van der Waals surface area contributed by atoms with E-state index in [2.05, 4.69) is 0 Å². The van der Waals surface area contributed by atoms with E-state index in [-0.39, 0.29) is 0 Å². The van der Waals surface area contributed by atoms with Gasteiger partial charge in [0.05, 0.1) is 50.3 Å². The van der Waals surface area contributed by atoms with Gasteiger partial charge in [-0.2, -0.15) is 26.3 Å². The molecule has 11 aromatic rings. The Bertz CT molecular complexity index is 3530. The van der Waals surface area contributed by atoms with Gasteiger partial charge in [-0.05, 0) is 84.4 Å². The summed E-state index contributed by atoms with van der Waals surface area (Å²) in [5.41, 5.74) is 7.93. The monoisotopic (exact) mass is 850 g/mol. The number of hydrogen-bond acceptors (Lipinski definition) is 2. The molecule has 3 aromatic heterocycles. The summed E-state index contributed by atoms with van der Waals surface area (Å²) in [5, 5.41) is 2.25. The third kappa shape index (κ3) is 6.66. The summed E-state index contributed by atoms with van der Waals surface area (Å²) >= 11 is 0. The van der Waals surface area contributed by atoms with Crippen molar-refractivity contribution in [1.29, 1.82) is 0 Å². The smallest absolute Gasteiger partial charge is 0.309 e. The lowest BCUT2D eigenvalue weighted by molar-refractivity contribution is -0.138. The summed E-state index contributed by atoms with van der Waals surface area (Å²) in [5.74, 6) is 0.535. The first-order valence-corrected chi connectivity index (χ1v) is 20.5. The predicted octanol–water partition coefficient (Wildman–Crippen LogP) is 15.4. The van der Waals surface area contributed by atoms with E-state index in [4.69, 9.17) is 9.97 Å². The van der Waals surface area contributed by atoms with Gasteiger partial charge in [0, 0.05) is 49.5 Å². The molecule has 0 radical (unpaired) electrons. The summed E-state index contributed by atoms with van der Waals surface area (Å²) in [4.78, 5) is 10.1. The molecule has 0 aliphatic heterocycles. The van der Waals surface area contributed by atoms with Gasteiger partial charge < -0.3 is 9.13 Å². The first kappa shape index (κ1) is 38.9. The van der Waals surface area contributed by atoms with Crippen molar-refractivity contribution in [3.63, 3.8) is 0 Å². The van der Waals surface area contributed by atoms with E-state index in [1.165, 1.54) is 24.3 Å². The standard InChI is InChI=1S/C54H32F6N4/c55-53(56,57)37-23-26-50-43(30-37)40-18-7-9-20-47(40)63(50)39-17-11-16-35(28-39)42-29-36(46-32-45(33-12-3-1-4-13-33)61-52(62-46)34-14-5-2-6-15-34)22-25-49(42)64-48-21-10-8-19-41(48)44-31-38(54(58,59)60)24-27-51(44)64/h1-32H. The quantitative estimate of drug-likeness (QED) is 0.156. The van der Waals surface area contributed by atoms with Crippen LogP contribution in [0.15, 0.2) is 194 Å². The molecule has 0 spiro atoms. The van der Waals surface area contributed by atoms with E-state index in [1.807, 2.05) is 167 Å². The molecule has 0 bridgehead atoms. The molecule has 0 saturated heterocycles. The Morgan fingerprint density at radius 3 is 1.45 bits per heavy atom. The number of halogens is 6. The fourth-order valence-corrected chi connectivity index (χ4v) is 8.84. The zero-order valence-corrected chi connectivity index (χ0v) is 33.5. The Kier molecular flexibility index (Phi) is 9.02. The molecule has 8 aromatic carbocycles. The maximum absolute atomic E-state index is 14.2. The normalized spacial score (nSPS) is 12.2. The molecular weight excluding hydrogens is 819 g/mol. The largest absolute Gasteiger partial charge is 0.416 e. The van der Waals surface area contributed by atoms with Crippen LogP contribution in [-0.2, 0) is 12.4 Å². The van der Waals surface area contributed by atoms with Gasteiger partial charge in [0.15, 0.2) is 5.82 Å². The molecular formula is C54H32F6N4. The van der Waals surface area contributed by atoms with Gasteiger partial charge in [0.25, 0.3) is 0 Å². The van der Waals surface area contributed by atoms with Crippen LogP contribution in [0.1, 0.15) is 11.1 Å². The minimum atomic E-state index is -4.54. The molecule has 0 saturated carbocycles. The number of hydrogen-bond donors (Lipinski definition) is 0. The van der Waals surface area contributed by atoms with Gasteiger partial charge in [0.2, 0.25) is 0 Å². The van der Waals surface area contributed by atoms with Crippen molar-refractivity contribution in [3.8, 4) is 56.4 Å². The number of alkyl halides is 6. The van der Waals surface area contributed by atoms with E-state index in [9.17, 15) is 26.3 Å². The summed E-state index contributed by atoms with van der Waals surface area (Å²) in [7, 11) is 0. The third-order valence-corrected chi connectivity index (χ3v) is 11.8. The predicted molar refractivity (Wildman–Crippen MR) is 242 cm³/mol. The van der Waals surface area contributed by atoms with Crippen LogP contribution in [0.2, 0.25) is 0 Å². The first-order valence-electron chi connectivity index (χ1n) is 20.5. The van der Waals surface area contributed by atoms with Crippen molar-refractivity contribution >= 4 is 43.6 Å². The van der Waals surface area contributed by atoms with Crippen LogP contribution in [0.25, 0.3) is 100 Å². The number of nitrogens with zero attached hydrogens (tertiary/aromatic N) is 4. The Hall–Kier alpha value is -7.98. The molecule has 0 unspecified atom stereocenters. The highest BCUT2D eigenvalue weighted by Crippen LogP contribution is 2.43. The fraction of sp³-hybridized carbons (Fsp3) is 0.0370. The number of fused-ring (bicyclic) bond motifs is 6. The summed E-state index contributed by atoms with van der Waals surface area (Å²) in [6.07, 6.45) is -9.06. The highest BCUT2D eigenvalue weighted by atomic mass is 19.4. The maximum Gasteiger partial charge on any atom is 0.416 e. The third-order valence-electron chi connectivity index (χ3n) is 11.8. The second kappa shape index (κ2) is 14.8. The van der Waals surface area contributed by atoms with Crippen molar-refractivity contribution in [3.05, 3.63) is 205 Å². The molecule has 0 aliphatic rings. The van der Waals surface area contributed by atoms with Gasteiger partial charge in [-0.25, -0.2) is 9.97 Å². The highest BCUT2D eigenvalue weighted by molar-refractivity contribution is 6.11. The fourth-order valence-electron chi connectivity index (χ4n) is 8.84. The molecule has 310 valence electrons. The minimum Gasteiger partial charge on any atom is -0.309 e. The van der Waals surface area contributed by atoms with E-state index < -0.39 is 23.5 Å². The van der Waals surface area contributed by atoms with Crippen LogP contribution >= 0.6 is 0 Å². The molecule has 0 atom stereocenters. The summed E-state index contributed by atoms with van der Waals surface area (Å²) < 4.78 is 88.5. The average molecular weight is 851 g/mol. The van der Waals surface area contributed by atoms with Crippen molar-refractivity contribution < 1.29 is 26.3 Å². The van der Waals surface area contributed by atoms with Crippen LogP contribution in [0.4, 0.5) is 26.3 Å². The molecule has 64 heavy (non-hydrogen) atoms. The van der Waals surface area contributed by atoms with Crippen LogP contribution in [-0.4, -0.2) is 19.1 Å². The van der Waals surface area contributed by atoms with Crippen molar-refractivity contribution in [2.75, 3.05) is 0 Å². The van der Waals surface area contributed by atoms with Crippen molar-refractivity contribution in [1.82, 2.24) is 19.1 Å². The number of aromatic nitrogens is 4. The van der Waals surface area contributed by atoms with Gasteiger partial charge in [0.1, 0.15) is 0 Å². The second-order valence-corrected chi connectivity index (χ2v) is 15.6. The number of rotatable bonds is 6. The Balaban J connectivity index is 1.18. The van der Waals surface area contributed by atoms with Crippen LogP contribution in [0, 0.1) is 0 Å². The molecule has 0 fully saturated rings. The van der Waals surface area contributed by atoms with Gasteiger partial charge in [-0.1, -0.05) is 115 Å². The van der Waals surface area contributed by atoms with Crippen molar-refractivity contribution in [2.45, 2.75) is 12.4 Å². The van der Waals surface area contributed by atoms with E-state index in [0.29, 0.717) is 61.0 Å². The Labute approximate surface area is 362 Å². The molecule has 10 heteroatoms. The molecule has 4 nitrogen and oxygen atoms in total. The zero-order valence-electron chi connectivity index (χ0n) is 33.5. The van der Waals surface area contributed by atoms with Gasteiger partial charge in [-0.15, -0.1) is 0 Å². The minimum absolute atomic E-state index is 0.452. The van der Waals surface area contributed by atoms with Crippen LogP contribution < -0.4 is 0 Å². The lowest BCUT2D eigenvalue weighted by Crippen LogP contribution is -2.04. The number of benzene rings is 8. The van der Waals surface area contributed by atoms with Crippen LogP contribution in [0.5, 0.6) is 0 Å². The second-order valence-electron chi connectivity index (χ2n) is 15.6. The van der Waals surface area contributed by atoms with E-state index in [1.54, 1.807) is 0 Å². The van der Waals surface area contributed by atoms with E-state index >= 15 is 0 Å². The number of para-hydroxylation sites is 2. The topological polar surface area (TPSA) is 35.6 Å². The zero-order chi connectivity index (χ0) is 43.7. The molecule has 0 N–H and O–H groups in total. The summed E-state index contributed by atoms with van der Waals surface area (Å²) in [6, 6.07) is 57.6. The van der Waals surface area contributed by atoms with Crippen LogP contribution in [0.3, 0.4) is 0 Å². The van der Waals surface area contributed by atoms with Gasteiger partial charge >= 0.3 is 12.4 Å². The maximum atomic E-state index is 14.2. The summed E-state index contributed by atoms with van der Waals surface area (Å²) in [6.45, 7) is 0. The average Bonchev–Trinajstić information content (AvgIpc) is 3.83. The molecule has 3 heterocycles. The van der Waals surface area contributed by atoms with E-state index in [0.717, 1.165) is 51.2 Å².